The van der Waals surface area contributed by atoms with Crippen LogP contribution in [-0.2, 0) is 20.9 Å². The van der Waals surface area contributed by atoms with E-state index in [0.29, 0.717) is 13.2 Å². The highest BCUT2D eigenvalue weighted by molar-refractivity contribution is 5.81. The third-order valence-corrected chi connectivity index (χ3v) is 2.83. The van der Waals surface area contributed by atoms with Crippen molar-refractivity contribution in [1.82, 2.24) is 0 Å². The van der Waals surface area contributed by atoms with Crippen LogP contribution in [0.5, 0.6) is 0 Å². The van der Waals surface area contributed by atoms with Gasteiger partial charge in [0.1, 0.15) is 0 Å². The standard InChI is InChI=1S/C16H22O4/c1-3-20-16(18)10-9-13(2)15(17)12-19-11-14-7-5-4-6-8-14/h4-10,13,15,17H,3,11-12H2,1-2H3/b10-9+/t13-,15+/m1/s1. The first-order valence-corrected chi connectivity index (χ1v) is 6.78. The van der Waals surface area contributed by atoms with E-state index in [0.717, 1.165) is 5.56 Å². The fourth-order valence-corrected chi connectivity index (χ4v) is 1.57. The summed E-state index contributed by atoms with van der Waals surface area (Å²) in [5.41, 5.74) is 1.06. The van der Waals surface area contributed by atoms with Gasteiger partial charge in [-0.25, -0.2) is 4.79 Å². The second-order valence-corrected chi connectivity index (χ2v) is 4.54. The summed E-state index contributed by atoms with van der Waals surface area (Å²) in [5, 5.41) is 9.91. The van der Waals surface area contributed by atoms with Crippen molar-refractivity contribution in [3.63, 3.8) is 0 Å². The molecule has 0 fully saturated rings. The van der Waals surface area contributed by atoms with Crippen LogP contribution in [0, 0.1) is 5.92 Å². The van der Waals surface area contributed by atoms with Gasteiger partial charge in [0.05, 0.1) is 25.9 Å². The topological polar surface area (TPSA) is 55.8 Å². The molecule has 110 valence electrons. The predicted molar refractivity (Wildman–Crippen MR) is 77.0 cm³/mol. The van der Waals surface area contributed by atoms with E-state index >= 15 is 0 Å². The van der Waals surface area contributed by atoms with Crippen LogP contribution in [0.1, 0.15) is 19.4 Å². The molecule has 0 heterocycles. The van der Waals surface area contributed by atoms with Gasteiger partial charge in [-0.2, -0.15) is 0 Å². The van der Waals surface area contributed by atoms with Gasteiger partial charge in [0.2, 0.25) is 0 Å². The Hall–Kier alpha value is -1.65. The molecule has 20 heavy (non-hydrogen) atoms. The van der Waals surface area contributed by atoms with Crippen LogP contribution in [0.15, 0.2) is 42.5 Å². The minimum absolute atomic E-state index is 0.171. The summed E-state index contributed by atoms with van der Waals surface area (Å²) in [4.78, 5) is 11.1. The van der Waals surface area contributed by atoms with Gasteiger partial charge in [-0.1, -0.05) is 43.3 Å². The van der Waals surface area contributed by atoms with E-state index in [2.05, 4.69) is 0 Å². The van der Waals surface area contributed by atoms with E-state index in [9.17, 15) is 9.90 Å². The van der Waals surface area contributed by atoms with Crippen LogP contribution in [0.25, 0.3) is 0 Å². The van der Waals surface area contributed by atoms with E-state index in [-0.39, 0.29) is 12.5 Å². The molecule has 1 N–H and O–H groups in total. The lowest BCUT2D eigenvalue weighted by Gasteiger charge is -2.15. The van der Waals surface area contributed by atoms with E-state index in [1.165, 1.54) is 6.08 Å². The van der Waals surface area contributed by atoms with E-state index in [1.807, 2.05) is 37.3 Å². The Labute approximate surface area is 120 Å². The summed E-state index contributed by atoms with van der Waals surface area (Å²) in [6.07, 6.45) is 2.33. The smallest absolute Gasteiger partial charge is 0.330 e. The van der Waals surface area contributed by atoms with Crippen LogP contribution in [0.4, 0.5) is 0 Å². The highest BCUT2D eigenvalue weighted by atomic mass is 16.5. The molecule has 1 rings (SSSR count). The maximum Gasteiger partial charge on any atom is 0.330 e. The number of carbonyl (C=O) groups excluding carboxylic acids is 1. The molecule has 4 heteroatoms. The van der Waals surface area contributed by atoms with Crippen LogP contribution >= 0.6 is 0 Å². The second kappa shape index (κ2) is 9.28. The summed E-state index contributed by atoms with van der Waals surface area (Å²) in [6, 6.07) is 9.77. The largest absolute Gasteiger partial charge is 0.463 e. The number of esters is 1. The molecule has 0 aliphatic carbocycles. The minimum atomic E-state index is -0.649. The van der Waals surface area contributed by atoms with Crippen LogP contribution < -0.4 is 0 Å². The Morgan fingerprint density at radius 1 is 1.35 bits per heavy atom. The number of aliphatic hydroxyl groups excluding tert-OH is 1. The van der Waals surface area contributed by atoms with E-state index in [1.54, 1.807) is 13.0 Å². The molecule has 1 aromatic carbocycles. The number of ether oxygens (including phenoxy) is 2. The maximum atomic E-state index is 11.1. The van der Waals surface area contributed by atoms with Gasteiger partial charge in [-0.05, 0) is 12.5 Å². The molecule has 0 radical (unpaired) electrons. The van der Waals surface area contributed by atoms with Crippen LogP contribution in [-0.4, -0.2) is 30.4 Å². The third-order valence-electron chi connectivity index (χ3n) is 2.83. The lowest BCUT2D eigenvalue weighted by Crippen LogP contribution is -2.22. The van der Waals surface area contributed by atoms with Gasteiger partial charge in [0.25, 0.3) is 0 Å². The van der Waals surface area contributed by atoms with E-state index < -0.39 is 12.1 Å². The number of aliphatic hydroxyl groups is 1. The summed E-state index contributed by atoms with van der Waals surface area (Å²) >= 11 is 0. The lowest BCUT2D eigenvalue weighted by molar-refractivity contribution is -0.137. The molecular weight excluding hydrogens is 256 g/mol. The molecule has 0 bridgehead atoms. The van der Waals surface area contributed by atoms with Gasteiger partial charge < -0.3 is 14.6 Å². The van der Waals surface area contributed by atoms with Crippen molar-refractivity contribution >= 4 is 5.97 Å². The Bertz CT molecular complexity index is 414. The molecule has 0 unspecified atom stereocenters. The average Bonchev–Trinajstić information content (AvgIpc) is 2.46. The second-order valence-electron chi connectivity index (χ2n) is 4.54. The first kappa shape index (κ1) is 16.4. The van der Waals surface area contributed by atoms with Crippen molar-refractivity contribution in [2.45, 2.75) is 26.6 Å². The summed E-state index contributed by atoms with van der Waals surface area (Å²) in [5.74, 6) is -0.563. The highest BCUT2D eigenvalue weighted by Gasteiger charge is 2.12. The van der Waals surface area contributed by atoms with Crippen molar-refractivity contribution in [3.8, 4) is 0 Å². The molecule has 0 saturated carbocycles. The Balaban J connectivity index is 2.27. The molecule has 1 aromatic rings. The molecule has 0 spiro atoms. The zero-order valence-electron chi connectivity index (χ0n) is 12.0. The number of rotatable bonds is 8. The lowest BCUT2D eigenvalue weighted by atomic mass is 10.1. The third kappa shape index (κ3) is 6.50. The van der Waals surface area contributed by atoms with Gasteiger partial charge >= 0.3 is 5.97 Å². The number of hydrogen-bond acceptors (Lipinski definition) is 4. The van der Waals surface area contributed by atoms with Crippen molar-refractivity contribution in [1.29, 1.82) is 0 Å². The zero-order chi connectivity index (χ0) is 14.8. The number of hydrogen-bond donors (Lipinski definition) is 1. The maximum absolute atomic E-state index is 11.1. The Morgan fingerprint density at radius 2 is 2.05 bits per heavy atom. The number of benzene rings is 1. The monoisotopic (exact) mass is 278 g/mol. The fraction of sp³-hybridized carbons (Fsp3) is 0.438. The van der Waals surface area contributed by atoms with Crippen molar-refractivity contribution < 1.29 is 19.4 Å². The molecule has 0 saturated heterocycles. The van der Waals surface area contributed by atoms with Gasteiger partial charge in [0.15, 0.2) is 0 Å². The molecule has 2 atom stereocenters. The predicted octanol–water partition coefficient (Wildman–Crippen LogP) is 2.32. The quantitative estimate of drug-likeness (QED) is 0.585. The van der Waals surface area contributed by atoms with Gasteiger partial charge in [0, 0.05) is 12.0 Å². The fourth-order valence-electron chi connectivity index (χ4n) is 1.57. The molecule has 0 aliphatic rings. The zero-order valence-corrected chi connectivity index (χ0v) is 12.0. The van der Waals surface area contributed by atoms with Gasteiger partial charge in [-0.3, -0.25) is 0 Å². The summed E-state index contributed by atoms with van der Waals surface area (Å²) in [6.45, 7) is 4.61. The normalized spacial score (nSPS) is 14.2. The molecular formula is C16H22O4. The van der Waals surface area contributed by atoms with Crippen molar-refractivity contribution in [3.05, 3.63) is 48.0 Å². The summed E-state index contributed by atoms with van der Waals surface area (Å²) in [7, 11) is 0. The highest BCUT2D eigenvalue weighted by Crippen LogP contribution is 2.07. The Kier molecular flexibility index (Phi) is 7.62. The molecule has 0 aromatic heterocycles. The van der Waals surface area contributed by atoms with Gasteiger partial charge in [-0.15, -0.1) is 0 Å². The van der Waals surface area contributed by atoms with Crippen molar-refractivity contribution in [2.75, 3.05) is 13.2 Å². The minimum Gasteiger partial charge on any atom is -0.463 e. The van der Waals surface area contributed by atoms with Crippen LogP contribution in [0.2, 0.25) is 0 Å². The van der Waals surface area contributed by atoms with Crippen LogP contribution in [0.3, 0.4) is 0 Å². The summed E-state index contributed by atoms with van der Waals surface area (Å²) < 4.78 is 10.2. The average molecular weight is 278 g/mol. The molecule has 0 amide bonds. The number of carbonyl (C=O) groups is 1. The Morgan fingerprint density at radius 3 is 2.70 bits per heavy atom. The molecule has 0 aliphatic heterocycles. The first-order chi connectivity index (χ1) is 9.63. The molecule has 4 nitrogen and oxygen atoms in total. The first-order valence-electron chi connectivity index (χ1n) is 6.78. The van der Waals surface area contributed by atoms with E-state index in [4.69, 9.17) is 9.47 Å². The SMILES string of the molecule is CCOC(=O)/C=C/[C@@H](C)[C@@H](O)COCc1ccccc1. The van der Waals surface area contributed by atoms with Crippen molar-refractivity contribution in [2.24, 2.45) is 5.92 Å².